The number of carboxylic acid groups (broad SMARTS) is 1. The van der Waals surface area contributed by atoms with Crippen LogP contribution in [-0.2, 0) is 22.0 Å². The lowest BCUT2D eigenvalue weighted by molar-refractivity contribution is -0.133. The molecule has 0 spiro atoms. The molecule has 1 N–H and O–H groups in total. The minimum Gasteiger partial charge on any atom is -0.478 e. The lowest BCUT2D eigenvalue weighted by atomic mass is 9.63. The van der Waals surface area contributed by atoms with Crippen molar-refractivity contribution >= 4 is 5.97 Å². The Morgan fingerprint density at radius 1 is 1.07 bits per heavy atom. The molecule has 152 valence electrons. The van der Waals surface area contributed by atoms with E-state index in [9.17, 15) is 9.90 Å². The van der Waals surface area contributed by atoms with Gasteiger partial charge in [0.2, 0.25) is 0 Å². The van der Waals surface area contributed by atoms with Crippen molar-refractivity contribution in [3.63, 3.8) is 0 Å². The molecular formula is C26H36O2. The highest BCUT2D eigenvalue weighted by Gasteiger charge is 2.36. The van der Waals surface area contributed by atoms with Crippen molar-refractivity contribution in [1.82, 2.24) is 0 Å². The molecule has 0 atom stereocenters. The quantitative estimate of drug-likeness (QED) is 0.454. The molecule has 3 rings (SSSR count). The third-order valence-electron chi connectivity index (χ3n) is 7.06. The first kappa shape index (κ1) is 20.9. The van der Waals surface area contributed by atoms with E-state index in [2.05, 4.69) is 52.0 Å². The predicted octanol–water partition coefficient (Wildman–Crippen LogP) is 6.73. The van der Waals surface area contributed by atoms with Crippen LogP contribution in [0.3, 0.4) is 0 Å². The molecule has 1 aromatic rings. The fraction of sp³-hybridized carbons (Fsp3) is 0.577. The van der Waals surface area contributed by atoms with Gasteiger partial charge in [-0.15, -0.1) is 0 Å². The third-order valence-corrected chi connectivity index (χ3v) is 7.06. The Morgan fingerprint density at radius 3 is 2.29 bits per heavy atom. The number of hydrogen-bond acceptors (Lipinski definition) is 1. The molecule has 1 saturated carbocycles. The van der Waals surface area contributed by atoms with Gasteiger partial charge in [0.25, 0.3) is 0 Å². The van der Waals surface area contributed by atoms with E-state index in [0.29, 0.717) is 5.57 Å². The van der Waals surface area contributed by atoms with Crippen molar-refractivity contribution in [2.24, 2.45) is 5.92 Å². The standard InChI is InChI=1S/C26H36O2/c1-18(23(24(27)28)20-11-6-7-12-20)9-8-10-19-13-14-21-22(17-19)26(4,5)16-15-25(21,2)3/h8-9,13-14,17,20H,6-7,10-12,15-16H2,1-5H3,(H,27,28). The summed E-state index contributed by atoms with van der Waals surface area (Å²) in [4.78, 5) is 11.8. The van der Waals surface area contributed by atoms with E-state index in [1.54, 1.807) is 0 Å². The summed E-state index contributed by atoms with van der Waals surface area (Å²) in [5.41, 5.74) is 6.29. The lowest BCUT2D eigenvalue weighted by Crippen LogP contribution is -2.33. The summed E-state index contributed by atoms with van der Waals surface area (Å²) in [5.74, 6) is -0.513. The van der Waals surface area contributed by atoms with Gasteiger partial charge in [-0.25, -0.2) is 4.79 Å². The zero-order valence-corrected chi connectivity index (χ0v) is 18.3. The Labute approximate surface area is 170 Å². The highest BCUT2D eigenvalue weighted by Crippen LogP contribution is 2.46. The molecule has 0 unspecified atom stereocenters. The summed E-state index contributed by atoms with van der Waals surface area (Å²) in [7, 11) is 0. The van der Waals surface area contributed by atoms with Crippen LogP contribution < -0.4 is 0 Å². The summed E-state index contributed by atoms with van der Waals surface area (Å²) < 4.78 is 0. The van der Waals surface area contributed by atoms with E-state index < -0.39 is 5.97 Å². The molecule has 0 saturated heterocycles. The van der Waals surface area contributed by atoms with E-state index in [1.165, 1.54) is 29.5 Å². The maximum absolute atomic E-state index is 11.8. The van der Waals surface area contributed by atoms with Crippen LogP contribution in [0.4, 0.5) is 0 Å². The molecule has 0 heterocycles. The second-order valence-corrected chi connectivity index (χ2v) is 10.1. The number of rotatable bonds is 5. The van der Waals surface area contributed by atoms with Gasteiger partial charge in [-0.3, -0.25) is 0 Å². The molecule has 28 heavy (non-hydrogen) atoms. The zero-order chi connectivity index (χ0) is 20.5. The van der Waals surface area contributed by atoms with Gasteiger partial charge in [0, 0.05) is 5.57 Å². The Bertz CT molecular complexity index is 802. The van der Waals surface area contributed by atoms with Crippen molar-refractivity contribution in [3.05, 3.63) is 58.2 Å². The molecular weight excluding hydrogens is 344 g/mol. The van der Waals surface area contributed by atoms with Gasteiger partial charge in [0.15, 0.2) is 0 Å². The van der Waals surface area contributed by atoms with E-state index >= 15 is 0 Å². The van der Waals surface area contributed by atoms with Gasteiger partial charge in [-0.1, -0.05) is 70.9 Å². The second kappa shape index (κ2) is 7.89. The molecule has 0 aliphatic heterocycles. The summed E-state index contributed by atoms with van der Waals surface area (Å²) in [6, 6.07) is 6.96. The second-order valence-electron chi connectivity index (χ2n) is 10.1. The molecule has 0 amide bonds. The molecule has 0 bridgehead atoms. The van der Waals surface area contributed by atoms with Crippen LogP contribution in [-0.4, -0.2) is 11.1 Å². The highest BCUT2D eigenvalue weighted by atomic mass is 16.4. The topological polar surface area (TPSA) is 37.3 Å². The average Bonchev–Trinajstić information content (AvgIpc) is 3.13. The molecule has 0 radical (unpaired) electrons. The maximum atomic E-state index is 11.8. The maximum Gasteiger partial charge on any atom is 0.332 e. The van der Waals surface area contributed by atoms with Crippen LogP contribution in [0, 0.1) is 5.92 Å². The van der Waals surface area contributed by atoms with Crippen molar-refractivity contribution < 1.29 is 9.90 Å². The van der Waals surface area contributed by atoms with Crippen LogP contribution in [0.15, 0.2) is 41.5 Å². The van der Waals surface area contributed by atoms with E-state index in [-0.39, 0.29) is 16.7 Å². The smallest absolute Gasteiger partial charge is 0.332 e. The van der Waals surface area contributed by atoms with E-state index in [4.69, 9.17) is 0 Å². The lowest BCUT2D eigenvalue weighted by Gasteiger charge is -2.42. The number of aliphatic carboxylic acids is 1. The van der Waals surface area contributed by atoms with Gasteiger partial charge in [-0.05, 0) is 78.0 Å². The zero-order valence-electron chi connectivity index (χ0n) is 18.3. The Hall–Kier alpha value is -1.83. The Kier molecular flexibility index (Phi) is 5.89. The first-order chi connectivity index (χ1) is 13.1. The van der Waals surface area contributed by atoms with Crippen LogP contribution in [0.1, 0.15) is 89.8 Å². The number of hydrogen-bond donors (Lipinski definition) is 1. The fourth-order valence-electron chi connectivity index (χ4n) is 5.10. The molecule has 1 fully saturated rings. The van der Waals surface area contributed by atoms with Crippen molar-refractivity contribution in [2.45, 2.75) is 90.4 Å². The number of allylic oxidation sites excluding steroid dienone is 3. The summed E-state index contributed by atoms with van der Waals surface area (Å²) >= 11 is 0. The Morgan fingerprint density at radius 2 is 1.68 bits per heavy atom. The predicted molar refractivity (Wildman–Crippen MR) is 117 cm³/mol. The summed E-state index contributed by atoms with van der Waals surface area (Å²) in [5, 5.41) is 9.67. The SMILES string of the molecule is CC(C=CCc1ccc2c(c1)C(C)(C)CCC2(C)C)=C(C(=O)O)C1CCCC1. The number of carbonyl (C=O) groups is 1. The molecule has 2 heteroatoms. The van der Waals surface area contributed by atoms with Gasteiger partial charge < -0.3 is 5.11 Å². The van der Waals surface area contributed by atoms with Gasteiger partial charge >= 0.3 is 5.97 Å². The molecule has 1 aromatic carbocycles. The van der Waals surface area contributed by atoms with E-state index in [1.807, 2.05) is 13.0 Å². The fourth-order valence-corrected chi connectivity index (χ4v) is 5.10. The van der Waals surface area contributed by atoms with Gasteiger partial charge in [0.05, 0.1) is 0 Å². The first-order valence-corrected chi connectivity index (χ1v) is 10.9. The normalized spacial score (nSPS) is 22.2. The van der Waals surface area contributed by atoms with Crippen LogP contribution in [0.5, 0.6) is 0 Å². The minimum absolute atomic E-state index is 0.222. The minimum atomic E-state index is -0.744. The summed E-state index contributed by atoms with van der Waals surface area (Å²) in [6.45, 7) is 11.4. The van der Waals surface area contributed by atoms with E-state index in [0.717, 1.165) is 37.7 Å². The van der Waals surface area contributed by atoms with Gasteiger partial charge in [-0.2, -0.15) is 0 Å². The van der Waals surface area contributed by atoms with Crippen molar-refractivity contribution in [3.8, 4) is 0 Å². The molecule has 2 aliphatic carbocycles. The molecule has 2 aliphatic rings. The molecule has 0 aromatic heterocycles. The van der Waals surface area contributed by atoms with Crippen molar-refractivity contribution in [2.75, 3.05) is 0 Å². The van der Waals surface area contributed by atoms with Crippen LogP contribution in [0.2, 0.25) is 0 Å². The average molecular weight is 381 g/mol. The number of carboxylic acids is 1. The number of fused-ring (bicyclic) bond motifs is 1. The van der Waals surface area contributed by atoms with Crippen LogP contribution >= 0.6 is 0 Å². The monoisotopic (exact) mass is 380 g/mol. The Balaban J connectivity index is 1.81. The highest BCUT2D eigenvalue weighted by molar-refractivity contribution is 5.88. The number of benzene rings is 1. The largest absolute Gasteiger partial charge is 0.478 e. The summed E-state index contributed by atoms with van der Waals surface area (Å²) in [6.07, 6.45) is 11.8. The third kappa shape index (κ3) is 4.26. The van der Waals surface area contributed by atoms with Crippen molar-refractivity contribution in [1.29, 1.82) is 0 Å². The molecule has 2 nitrogen and oxygen atoms in total. The first-order valence-electron chi connectivity index (χ1n) is 10.9. The van der Waals surface area contributed by atoms with Gasteiger partial charge in [0.1, 0.15) is 0 Å². The van der Waals surface area contributed by atoms with Crippen LogP contribution in [0.25, 0.3) is 0 Å².